The first-order valence-corrected chi connectivity index (χ1v) is 10.1. The molecular formula is C17H19N3O2S2. The summed E-state index contributed by atoms with van der Waals surface area (Å²) in [6.07, 6.45) is 4.87. The average molecular weight is 361 g/mol. The Labute approximate surface area is 148 Å². The second-order valence-electron chi connectivity index (χ2n) is 6.39. The number of nitrogens with zero attached hydrogens (tertiary/aromatic N) is 2. The maximum atomic E-state index is 12.5. The molecule has 2 aromatic heterocycles. The van der Waals surface area contributed by atoms with E-state index in [2.05, 4.69) is 10.3 Å². The largest absolute Gasteiger partial charge is 0.339 e. The van der Waals surface area contributed by atoms with Crippen molar-refractivity contribution in [3.05, 3.63) is 22.9 Å². The number of carbonyl (C=O) groups is 2. The highest BCUT2D eigenvalue weighted by Crippen LogP contribution is 2.31. The summed E-state index contributed by atoms with van der Waals surface area (Å²) in [5, 5.41) is 7.46. The monoisotopic (exact) mass is 361 g/mol. The van der Waals surface area contributed by atoms with E-state index in [0.717, 1.165) is 23.4 Å². The second-order valence-corrected chi connectivity index (χ2v) is 8.20. The molecule has 1 aliphatic carbocycles. The van der Waals surface area contributed by atoms with Crippen molar-refractivity contribution in [2.24, 2.45) is 5.92 Å². The Bertz CT molecular complexity index is 735. The molecule has 24 heavy (non-hydrogen) atoms. The Balaban J connectivity index is 1.39. The number of carbonyl (C=O) groups excluding carboxylic acids is 2. The van der Waals surface area contributed by atoms with E-state index in [1.54, 1.807) is 11.3 Å². The van der Waals surface area contributed by atoms with Crippen LogP contribution in [0.5, 0.6) is 0 Å². The van der Waals surface area contributed by atoms with Crippen LogP contribution >= 0.6 is 22.7 Å². The van der Waals surface area contributed by atoms with Crippen LogP contribution in [0.25, 0.3) is 10.6 Å². The molecule has 0 unspecified atom stereocenters. The Morgan fingerprint density at radius 1 is 1.29 bits per heavy atom. The van der Waals surface area contributed by atoms with Gasteiger partial charge in [0.15, 0.2) is 5.13 Å². The minimum absolute atomic E-state index is 0.0871. The molecule has 126 valence electrons. The van der Waals surface area contributed by atoms with E-state index in [1.165, 1.54) is 24.2 Å². The fourth-order valence-corrected chi connectivity index (χ4v) is 5.03. The number of thiophene rings is 1. The van der Waals surface area contributed by atoms with Gasteiger partial charge in [-0.25, -0.2) is 4.98 Å². The average Bonchev–Trinajstić information content (AvgIpc) is 3.34. The van der Waals surface area contributed by atoms with E-state index in [1.807, 2.05) is 27.8 Å². The third-order valence-electron chi connectivity index (χ3n) is 4.80. The molecule has 0 aromatic carbocycles. The van der Waals surface area contributed by atoms with Crippen LogP contribution in [0.15, 0.2) is 22.9 Å². The predicted octanol–water partition coefficient (Wildman–Crippen LogP) is 3.60. The maximum absolute atomic E-state index is 12.5. The summed E-state index contributed by atoms with van der Waals surface area (Å²) in [4.78, 5) is 32.2. The van der Waals surface area contributed by atoms with Crippen molar-refractivity contribution in [1.82, 2.24) is 9.88 Å². The van der Waals surface area contributed by atoms with Gasteiger partial charge in [0, 0.05) is 24.4 Å². The fraction of sp³-hybridized carbons (Fsp3) is 0.471. The van der Waals surface area contributed by atoms with E-state index in [9.17, 15) is 9.59 Å². The third kappa shape index (κ3) is 3.10. The molecule has 1 aliphatic heterocycles. The number of hydrogen-bond donors (Lipinski definition) is 1. The van der Waals surface area contributed by atoms with Crippen LogP contribution in [0.4, 0.5) is 5.13 Å². The summed E-state index contributed by atoms with van der Waals surface area (Å²) >= 11 is 3.06. The number of hydrogen-bond acceptors (Lipinski definition) is 5. The van der Waals surface area contributed by atoms with E-state index in [-0.39, 0.29) is 17.7 Å². The Morgan fingerprint density at radius 3 is 2.88 bits per heavy atom. The van der Waals surface area contributed by atoms with E-state index in [4.69, 9.17) is 0 Å². The molecule has 1 saturated carbocycles. The van der Waals surface area contributed by atoms with Gasteiger partial charge in [-0.05, 0) is 24.3 Å². The molecule has 2 fully saturated rings. The first-order valence-electron chi connectivity index (χ1n) is 8.30. The lowest BCUT2D eigenvalue weighted by Crippen LogP contribution is -2.35. The van der Waals surface area contributed by atoms with Gasteiger partial charge in [-0.15, -0.1) is 22.7 Å². The Kier molecular flexibility index (Phi) is 4.37. The molecule has 2 amide bonds. The predicted molar refractivity (Wildman–Crippen MR) is 96.1 cm³/mol. The molecule has 0 spiro atoms. The highest BCUT2D eigenvalue weighted by atomic mass is 32.1. The quantitative estimate of drug-likeness (QED) is 0.905. The summed E-state index contributed by atoms with van der Waals surface area (Å²) in [6.45, 7) is 0.554. The zero-order valence-corrected chi connectivity index (χ0v) is 14.9. The summed E-state index contributed by atoms with van der Waals surface area (Å²) in [5.41, 5.74) is 0.889. The normalized spacial score (nSPS) is 21.6. The lowest BCUT2D eigenvalue weighted by atomic mass is 10.1. The SMILES string of the molecule is O=C(Nc1nc(-c2cccs2)cs1)[C@@H]1CC(=O)N(C2CCCC2)C1. The van der Waals surface area contributed by atoms with E-state index >= 15 is 0 Å². The van der Waals surface area contributed by atoms with Crippen molar-refractivity contribution in [3.63, 3.8) is 0 Å². The highest BCUT2D eigenvalue weighted by Gasteiger charge is 2.38. The first kappa shape index (κ1) is 15.8. The highest BCUT2D eigenvalue weighted by molar-refractivity contribution is 7.16. The lowest BCUT2D eigenvalue weighted by molar-refractivity contribution is -0.129. The zero-order chi connectivity index (χ0) is 16.5. The summed E-state index contributed by atoms with van der Waals surface area (Å²) in [7, 11) is 0. The van der Waals surface area contributed by atoms with Crippen LogP contribution in [0.2, 0.25) is 0 Å². The van der Waals surface area contributed by atoms with Crippen molar-refractivity contribution in [1.29, 1.82) is 0 Å². The van der Waals surface area contributed by atoms with Crippen LogP contribution in [0.3, 0.4) is 0 Å². The summed E-state index contributed by atoms with van der Waals surface area (Å²) in [6, 6.07) is 4.35. The van der Waals surface area contributed by atoms with Crippen LogP contribution in [0, 0.1) is 5.92 Å². The van der Waals surface area contributed by atoms with E-state index < -0.39 is 0 Å². The second kappa shape index (κ2) is 6.64. The smallest absolute Gasteiger partial charge is 0.231 e. The number of thiazole rings is 1. The third-order valence-corrected chi connectivity index (χ3v) is 6.45. The van der Waals surface area contributed by atoms with Crippen LogP contribution in [0.1, 0.15) is 32.1 Å². The molecule has 0 radical (unpaired) electrons. The van der Waals surface area contributed by atoms with Gasteiger partial charge in [0.2, 0.25) is 11.8 Å². The molecule has 3 heterocycles. The van der Waals surface area contributed by atoms with Gasteiger partial charge in [0.05, 0.1) is 16.5 Å². The molecular weight excluding hydrogens is 342 g/mol. The van der Waals surface area contributed by atoms with Gasteiger partial charge < -0.3 is 10.2 Å². The summed E-state index contributed by atoms with van der Waals surface area (Å²) in [5.74, 6) is -0.219. The minimum Gasteiger partial charge on any atom is -0.339 e. The van der Waals surface area contributed by atoms with Crippen molar-refractivity contribution >= 4 is 39.6 Å². The Morgan fingerprint density at radius 2 is 2.12 bits per heavy atom. The van der Waals surface area contributed by atoms with Gasteiger partial charge in [0.25, 0.3) is 0 Å². The molecule has 5 nitrogen and oxygen atoms in total. The number of amides is 2. The number of nitrogens with one attached hydrogen (secondary N) is 1. The maximum Gasteiger partial charge on any atom is 0.231 e. The molecule has 1 atom stereocenters. The number of likely N-dealkylation sites (tertiary alicyclic amines) is 1. The van der Waals surface area contributed by atoms with Crippen molar-refractivity contribution in [2.75, 3.05) is 11.9 Å². The van der Waals surface area contributed by atoms with Gasteiger partial charge in [-0.3, -0.25) is 9.59 Å². The van der Waals surface area contributed by atoms with Gasteiger partial charge in [0.1, 0.15) is 0 Å². The fourth-order valence-electron chi connectivity index (χ4n) is 3.55. The van der Waals surface area contributed by atoms with E-state index in [0.29, 0.717) is 24.1 Å². The Hall–Kier alpha value is -1.73. The topological polar surface area (TPSA) is 62.3 Å². The molecule has 0 bridgehead atoms. The molecule has 1 saturated heterocycles. The minimum atomic E-state index is -0.257. The first-order chi connectivity index (χ1) is 11.7. The number of anilines is 1. The van der Waals surface area contributed by atoms with Crippen LogP contribution < -0.4 is 5.32 Å². The number of aromatic nitrogens is 1. The summed E-state index contributed by atoms with van der Waals surface area (Å²) < 4.78 is 0. The molecule has 4 rings (SSSR count). The molecule has 2 aliphatic rings. The zero-order valence-electron chi connectivity index (χ0n) is 13.2. The van der Waals surface area contributed by atoms with Crippen molar-refractivity contribution in [3.8, 4) is 10.6 Å². The molecule has 2 aromatic rings. The van der Waals surface area contributed by atoms with Crippen molar-refractivity contribution in [2.45, 2.75) is 38.1 Å². The standard InChI is InChI=1S/C17H19N3O2S2/c21-15-8-11(9-20(15)12-4-1-2-5-12)16(22)19-17-18-13(10-24-17)14-6-3-7-23-14/h3,6-7,10-12H,1-2,4-5,8-9H2,(H,18,19,22)/t11-/m1/s1. The molecule has 1 N–H and O–H groups in total. The van der Waals surface area contributed by atoms with Gasteiger partial charge in [-0.2, -0.15) is 0 Å². The number of rotatable bonds is 4. The van der Waals surface area contributed by atoms with Gasteiger partial charge in [-0.1, -0.05) is 18.9 Å². The lowest BCUT2D eigenvalue weighted by Gasteiger charge is -2.23. The van der Waals surface area contributed by atoms with Gasteiger partial charge >= 0.3 is 0 Å². The van der Waals surface area contributed by atoms with Crippen LogP contribution in [-0.2, 0) is 9.59 Å². The van der Waals surface area contributed by atoms with Crippen molar-refractivity contribution < 1.29 is 9.59 Å². The molecule has 7 heteroatoms. The van der Waals surface area contributed by atoms with Crippen LogP contribution in [-0.4, -0.2) is 34.3 Å².